The summed E-state index contributed by atoms with van der Waals surface area (Å²) in [5.41, 5.74) is -0.694. The lowest BCUT2D eigenvalue weighted by molar-refractivity contribution is -0.205. The fourth-order valence-electron chi connectivity index (χ4n) is 5.70. The van der Waals surface area contributed by atoms with E-state index in [2.05, 4.69) is 21.3 Å². The van der Waals surface area contributed by atoms with Gasteiger partial charge in [0.1, 0.15) is 26.7 Å². The SMILES string of the molecule is COCCOCCOCCCC(=O)NCC(NC(=O)C1CCC(OP(=O)([O-])C(C)C)CC1)C(=O)N(CC(=O)NCCOCCOCCOC)CC(=O)NCCOCCOCCOC. The Morgan fingerprint density at radius 2 is 1.03 bits per heavy atom. The van der Waals surface area contributed by atoms with Crippen LogP contribution in [-0.2, 0) is 75.7 Å². The zero-order valence-electron chi connectivity index (χ0n) is 38.0. The van der Waals surface area contributed by atoms with Gasteiger partial charge in [0.05, 0.1) is 98.6 Å². The van der Waals surface area contributed by atoms with Gasteiger partial charge in [-0.1, -0.05) is 13.8 Å². The van der Waals surface area contributed by atoms with Crippen LogP contribution < -0.4 is 26.2 Å². The van der Waals surface area contributed by atoms with Gasteiger partial charge in [0.2, 0.25) is 29.5 Å². The lowest BCUT2D eigenvalue weighted by atomic mass is 9.86. The highest BCUT2D eigenvalue weighted by Gasteiger charge is 2.34. The first-order valence-electron chi connectivity index (χ1n) is 21.7. The topological polar surface area (TPSA) is 269 Å². The standard InChI is InChI=1S/C40H76N5O17P/c1-32(2)63(51,52)62-34-10-8-33(9-11-34)39(49)44-35(29-43-36(46)7-6-14-56-23-26-59-20-17-53-3)40(50)45(30-37(47)41-12-15-57-24-27-60-21-18-54-4)31-38(48)42-13-16-58-25-28-61-22-19-55-5/h32-35H,6-31H2,1-5H3,(H,41,47)(H,42,48)(H,43,46)(H,44,49)(H,51,52)/p-1. The fourth-order valence-corrected chi connectivity index (χ4v) is 6.57. The van der Waals surface area contributed by atoms with Crippen LogP contribution in [0, 0.1) is 5.92 Å². The molecule has 0 aromatic rings. The summed E-state index contributed by atoms with van der Waals surface area (Å²) in [7, 11) is 0.637. The number of ether oxygens (including phenoxy) is 9. The molecule has 63 heavy (non-hydrogen) atoms. The Morgan fingerprint density at radius 1 is 0.603 bits per heavy atom. The Bertz CT molecular complexity index is 1260. The van der Waals surface area contributed by atoms with Crippen molar-refractivity contribution in [2.45, 2.75) is 70.2 Å². The van der Waals surface area contributed by atoms with Crippen molar-refractivity contribution in [1.82, 2.24) is 26.2 Å². The van der Waals surface area contributed by atoms with Gasteiger partial charge in [-0.2, -0.15) is 0 Å². The molecule has 1 saturated carbocycles. The number of nitrogens with one attached hydrogen (secondary N) is 4. The number of rotatable bonds is 40. The summed E-state index contributed by atoms with van der Waals surface area (Å²) in [4.78, 5) is 80.5. The molecular weight excluding hydrogens is 853 g/mol. The maximum absolute atomic E-state index is 14.3. The molecule has 5 amide bonds. The van der Waals surface area contributed by atoms with Crippen LogP contribution in [0.3, 0.4) is 0 Å². The number of hydrogen-bond acceptors (Lipinski definition) is 17. The van der Waals surface area contributed by atoms with Gasteiger partial charge in [-0.15, -0.1) is 0 Å². The van der Waals surface area contributed by atoms with Gasteiger partial charge >= 0.3 is 0 Å². The molecule has 1 rings (SSSR count). The Balaban J connectivity index is 3.02. The largest absolute Gasteiger partial charge is 0.778 e. The fraction of sp³-hybridized carbons (Fsp3) is 0.875. The van der Waals surface area contributed by atoms with E-state index in [0.29, 0.717) is 85.3 Å². The Morgan fingerprint density at radius 3 is 1.48 bits per heavy atom. The van der Waals surface area contributed by atoms with E-state index < -0.39 is 73.9 Å². The Kier molecular flexibility index (Phi) is 34.5. The predicted molar refractivity (Wildman–Crippen MR) is 227 cm³/mol. The first-order chi connectivity index (χ1) is 30.3. The molecule has 2 atom stereocenters. The molecule has 0 radical (unpaired) electrons. The number of nitrogens with zero attached hydrogens (tertiary/aromatic N) is 1. The molecule has 2 unspecified atom stereocenters. The van der Waals surface area contributed by atoms with Crippen molar-refractivity contribution < 1.29 is 80.6 Å². The maximum Gasteiger partial charge on any atom is 0.247 e. The second-order valence-electron chi connectivity index (χ2n) is 14.7. The van der Waals surface area contributed by atoms with Crippen molar-refractivity contribution in [3.05, 3.63) is 0 Å². The highest BCUT2D eigenvalue weighted by atomic mass is 31.2. The Hall–Kier alpha value is -2.86. The second kappa shape index (κ2) is 37.4. The van der Waals surface area contributed by atoms with Crippen LogP contribution in [0.25, 0.3) is 0 Å². The van der Waals surface area contributed by atoms with Crippen molar-refractivity contribution in [1.29, 1.82) is 0 Å². The highest BCUT2D eigenvalue weighted by Crippen LogP contribution is 2.46. The first-order valence-corrected chi connectivity index (χ1v) is 23.3. The van der Waals surface area contributed by atoms with Gasteiger partial charge in [0.25, 0.3) is 0 Å². The van der Waals surface area contributed by atoms with Crippen LogP contribution in [0.15, 0.2) is 0 Å². The van der Waals surface area contributed by atoms with Gasteiger partial charge in [0.15, 0.2) is 0 Å². The molecule has 1 fully saturated rings. The third kappa shape index (κ3) is 30.1. The summed E-state index contributed by atoms with van der Waals surface area (Å²) in [6, 6.07) is -1.37. The van der Waals surface area contributed by atoms with E-state index in [4.69, 9.17) is 47.2 Å². The van der Waals surface area contributed by atoms with Crippen LogP contribution in [0.5, 0.6) is 0 Å². The highest BCUT2D eigenvalue weighted by molar-refractivity contribution is 7.52. The molecular formula is C40H75N5O17P-. The molecule has 0 aliphatic heterocycles. The minimum atomic E-state index is -4.08. The van der Waals surface area contributed by atoms with Gasteiger partial charge in [-0.3, -0.25) is 24.0 Å². The van der Waals surface area contributed by atoms with E-state index in [9.17, 15) is 33.4 Å². The smallest absolute Gasteiger partial charge is 0.247 e. The average molecular weight is 929 g/mol. The summed E-state index contributed by atoms with van der Waals surface area (Å²) < 4.78 is 65.1. The minimum Gasteiger partial charge on any atom is -0.778 e. The van der Waals surface area contributed by atoms with E-state index >= 15 is 0 Å². The minimum absolute atomic E-state index is 0.0561. The van der Waals surface area contributed by atoms with Crippen molar-refractivity contribution in [3.8, 4) is 0 Å². The molecule has 4 N–H and O–H groups in total. The summed E-state index contributed by atoms with van der Waals surface area (Å²) in [5, 5.41) is 10.8. The van der Waals surface area contributed by atoms with Gasteiger partial charge in [-0.05, 0) is 32.1 Å². The van der Waals surface area contributed by atoms with E-state index in [1.54, 1.807) is 21.3 Å². The molecule has 22 nitrogen and oxygen atoms in total. The molecule has 1 aliphatic rings. The van der Waals surface area contributed by atoms with Gasteiger partial charge in [0, 0.05) is 65.6 Å². The van der Waals surface area contributed by atoms with Crippen LogP contribution in [0.4, 0.5) is 0 Å². The van der Waals surface area contributed by atoms with Crippen LogP contribution >= 0.6 is 7.60 Å². The molecule has 1 aliphatic carbocycles. The molecule has 0 spiro atoms. The number of amides is 5. The lowest BCUT2D eigenvalue weighted by Gasteiger charge is -2.35. The maximum atomic E-state index is 14.3. The summed E-state index contributed by atoms with van der Waals surface area (Å²) in [6.45, 7) is 6.98. The zero-order chi connectivity index (χ0) is 46.6. The third-order valence-corrected chi connectivity index (χ3v) is 11.2. The summed E-state index contributed by atoms with van der Waals surface area (Å²) in [6.07, 6.45) is 1.03. The van der Waals surface area contributed by atoms with Gasteiger partial charge < -0.3 is 82.8 Å². The van der Waals surface area contributed by atoms with Crippen molar-refractivity contribution in [2.24, 2.45) is 5.92 Å². The average Bonchev–Trinajstić information content (AvgIpc) is 3.25. The lowest BCUT2D eigenvalue weighted by Crippen LogP contribution is -2.57. The predicted octanol–water partition coefficient (Wildman–Crippen LogP) is -0.995. The molecule has 0 heterocycles. The molecule has 0 aromatic heterocycles. The third-order valence-electron chi connectivity index (χ3n) is 9.31. The van der Waals surface area contributed by atoms with E-state index in [0.717, 1.165) is 4.90 Å². The van der Waals surface area contributed by atoms with Crippen molar-refractivity contribution in [3.63, 3.8) is 0 Å². The van der Waals surface area contributed by atoms with Crippen LogP contribution in [-0.4, -0.2) is 205 Å². The number of methoxy groups -OCH3 is 3. The molecule has 0 saturated heterocycles. The summed E-state index contributed by atoms with van der Waals surface area (Å²) >= 11 is 0. The van der Waals surface area contributed by atoms with Gasteiger partial charge in [-0.25, -0.2) is 0 Å². The number of carbonyl (C=O) groups excluding carboxylic acids is 5. The monoisotopic (exact) mass is 928 g/mol. The second-order valence-corrected chi connectivity index (χ2v) is 17.1. The van der Waals surface area contributed by atoms with E-state index in [-0.39, 0.29) is 71.9 Å². The van der Waals surface area contributed by atoms with Crippen LogP contribution in [0.1, 0.15) is 52.4 Å². The Labute approximate surface area is 372 Å². The number of carbonyl (C=O) groups is 5. The van der Waals surface area contributed by atoms with Crippen molar-refractivity contribution in [2.75, 3.05) is 153 Å². The van der Waals surface area contributed by atoms with E-state index in [1.807, 2.05) is 0 Å². The first kappa shape index (κ1) is 58.2. The molecule has 0 aromatic carbocycles. The van der Waals surface area contributed by atoms with Crippen molar-refractivity contribution >= 4 is 37.1 Å². The normalized spacial score (nSPS) is 16.6. The zero-order valence-corrected chi connectivity index (χ0v) is 38.9. The molecule has 23 heteroatoms. The molecule has 0 bridgehead atoms. The van der Waals surface area contributed by atoms with Crippen LogP contribution in [0.2, 0.25) is 0 Å². The quantitative estimate of drug-likeness (QED) is 0.0424. The van der Waals surface area contributed by atoms with E-state index in [1.165, 1.54) is 13.8 Å². The summed E-state index contributed by atoms with van der Waals surface area (Å²) in [5.74, 6) is -3.49. The molecule has 368 valence electrons. The number of hydrogen-bond donors (Lipinski definition) is 4.